The summed E-state index contributed by atoms with van der Waals surface area (Å²) < 4.78 is 0. The average Bonchev–Trinajstić information content (AvgIpc) is 3.02. The zero-order valence-corrected chi connectivity index (χ0v) is 25.7. The number of carbonyl (C=O) groups is 2. The molecule has 0 bridgehead atoms. The Kier molecular flexibility index (Phi) is 15.2. The molecule has 0 saturated carbocycles. The molecule has 0 heterocycles. The first kappa shape index (κ1) is 33.8. The first-order valence-corrected chi connectivity index (χ1v) is 15.2. The number of nitrogens with zero attached hydrogens (tertiary/aromatic N) is 4. The minimum Gasteiger partial charge on any atom is -0.372 e. The highest BCUT2D eigenvalue weighted by atomic mass is 16.1. The summed E-state index contributed by atoms with van der Waals surface area (Å²) >= 11 is 0. The monoisotopic (exact) mass is 567 g/mol. The number of hydrogen-bond acceptors (Lipinski definition) is 6. The summed E-state index contributed by atoms with van der Waals surface area (Å²) in [5.41, 5.74) is 4.18. The van der Waals surface area contributed by atoms with Gasteiger partial charge in [-0.05, 0) is 88.1 Å². The van der Waals surface area contributed by atoms with Crippen LogP contribution in [0.3, 0.4) is 0 Å². The van der Waals surface area contributed by atoms with Crippen molar-refractivity contribution in [3.05, 3.63) is 70.8 Å². The Morgan fingerprint density at radius 3 is 1.55 bits per heavy atom. The number of benzene rings is 2. The average molecular weight is 568 g/mol. The van der Waals surface area contributed by atoms with Crippen molar-refractivity contribution in [1.29, 1.82) is 10.5 Å². The lowest BCUT2D eigenvalue weighted by atomic mass is 10.0. The first-order chi connectivity index (χ1) is 20.4. The van der Waals surface area contributed by atoms with E-state index in [4.69, 9.17) is 0 Å². The van der Waals surface area contributed by atoms with Crippen molar-refractivity contribution in [2.75, 3.05) is 42.5 Å². The van der Waals surface area contributed by atoms with Crippen LogP contribution in [0.5, 0.6) is 0 Å². The van der Waals surface area contributed by atoms with E-state index in [9.17, 15) is 20.1 Å². The van der Waals surface area contributed by atoms with E-state index in [-0.39, 0.29) is 22.8 Å². The van der Waals surface area contributed by atoms with Crippen LogP contribution in [0.2, 0.25) is 0 Å². The van der Waals surface area contributed by atoms with Gasteiger partial charge in [-0.1, -0.05) is 43.5 Å². The van der Waals surface area contributed by atoms with Crippen LogP contribution in [0.25, 0.3) is 12.2 Å². The second-order valence-electron chi connectivity index (χ2n) is 10.1. The fourth-order valence-corrected chi connectivity index (χ4v) is 4.77. The van der Waals surface area contributed by atoms with Crippen LogP contribution in [0, 0.1) is 22.7 Å². The Balaban J connectivity index is 1.70. The highest BCUT2D eigenvalue weighted by Gasteiger charge is 2.11. The number of hydrogen-bond donors (Lipinski definition) is 1. The standard InChI is InChI=1S/C35H45N5O2/c1-5-39(6-2)32-19-15-28(16-20-32)24-30(26-36)34(41)14-12-10-9-11-13-23-38-35(42)31(27-37)25-29-17-21-33(22-18-29)40(7-3)8-4/h15-22,24-25H,5-14,23H2,1-4H3,(H,38,42)/b30-24+,31-25+. The van der Waals surface area contributed by atoms with Crippen LogP contribution in [0.1, 0.15) is 77.3 Å². The molecule has 0 aliphatic rings. The smallest absolute Gasteiger partial charge is 0.261 e. The number of ketones is 1. The number of allylic oxidation sites excluding steroid dienone is 1. The van der Waals surface area contributed by atoms with E-state index in [1.807, 2.05) is 54.6 Å². The van der Waals surface area contributed by atoms with Crippen molar-refractivity contribution in [3.8, 4) is 12.1 Å². The first-order valence-electron chi connectivity index (χ1n) is 15.2. The summed E-state index contributed by atoms with van der Waals surface area (Å²) in [5.74, 6) is -0.495. The third-order valence-electron chi connectivity index (χ3n) is 7.32. The van der Waals surface area contributed by atoms with Gasteiger partial charge in [-0.3, -0.25) is 9.59 Å². The van der Waals surface area contributed by atoms with Gasteiger partial charge in [-0.25, -0.2) is 0 Å². The molecule has 0 atom stereocenters. The summed E-state index contributed by atoms with van der Waals surface area (Å²) in [5, 5.41) is 21.8. The molecule has 7 nitrogen and oxygen atoms in total. The number of anilines is 2. The largest absolute Gasteiger partial charge is 0.372 e. The summed E-state index contributed by atoms with van der Waals surface area (Å²) in [7, 11) is 0. The van der Waals surface area contributed by atoms with Crippen LogP contribution >= 0.6 is 0 Å². The Labute approximate surface area is 252 Å². The van der Waals surface area contributed by atoms with E-state index >= 15 is 0 Å². The van der Waals surface area contributed by atoms with E-state index in [0.29, 0.717) is 13.0 Å². The van der Waals surface area contributed by atoms with Gasteiger partial charge < -0.3 is 15.1 Å². The highest BCUT2D eigenvalue weighted by molar-refractivity contribution is 6.03. The van der Waals surface area contributed by atoms with Gasteiger partial charge in [0.25, 0.3) is 5.91 Å². The molecule has 42 heavy (non-hydrogen) atoms. The zero-order valence-electron chi connectivity index (χ0n) is 25.7. The lowest BCUT2D eigenvalue weighted by Crippen LogP contribution is -2.25. The van der Waals surface area contributed by atoms with E-state index in [2.05, 4.69) is 48.9 Å². The molecular weight excluding hydrogens is 522 g/mol. The van der Waals surface area contributed by atoms with Crippen LogP contribution in [0.4, 0.5) is 11.4 Å². The summed E-state index contributed by atoms with van der Waals surface area (Å²) in [6.07, 6.45) is 7.87. The molecule has 1 amide bonds. The predicted molar refractivity (Wildman–Crippen MR) is 173 cm³/mol. The molecule has 222 valence electrons. The van der Waals surface area contributed by atoms with Crippen molar-refractivity contribution >= 4 is 35.2 Å². The van der Waals surface area contributed by atoms with Crippen LogP contribution in [0.15, 0.2) is 59.7 Å². The molecule has 7 heteroatoms. The van der Waals surface area contributed by atoms with Gasteiger partial charge in [0, 0.05) is 50.5 Å². The van der Waals surface area contributed by atoms with Crippen molar-refractivity contribution in [3.63, 3.8) is 0 Å². The number of nitrogens with one attached hydrogen (secondary N) is 1. The number of carbonyl (C=O) groups excluding carboxylic acids is 2. The molecule has 0 aromatic heterocycles. The maximum atomic E-state index is 12.6. The van der Waals surface area contributed by atoms with Gasteiger partial charge in [0.1, 0.15) is 17.7 Å². The topological polar surface area (TPSA) is 100 Å². The third-order valence-corrected chi connectivity index (χ3v) is 7.32. The van der Waals surface area contributed by atoms with E-state index in [1.165, 1.54) is 0 Å². The number of Topliss-reactive ketones (excluding diaryl/α,β-unsaturated/α-hetero) is 1. The summed E-state index contributed by atoms with van der Waals surface area (Å²) in [6.45, 7) is 12.6. The normalized spacial score (nSPS) is 11.4. The van der Waals surface area contributed by atoms with Crippen molar-refractivity contribution in [1.82, 2.24) is 5.32 Å². The second kappa shape index (κ2) is 18.9. The van der Waals surface area contributed by atoms with Crippen molar-refractivity contribution in [2.45, 2.75) is 66.2 Å². The molecule has 0 aliphatic carbocycles. The SMILES string of the molecule is CCN(CC)c1ccc(/C=C(\C#N)C(=O)CCCCCCCNC(=O)/C(C#N)=C/c2ccc(N(CC)CC)cc2)cc1. The molecule has 0 aliphatic heterocycles. The van der Waals surface area contributed by atoms with Crippen molar-refractivity contribution in [2.24, 2.45) is 0 Å². The molecule has 0 spiro atoms. The molecule has 2 rings (SSSR count). The Morgan fingerprint density at radius 1 is 0.667 bits per heavy atom. The Bertz CT molecular complexity index is 1170. The fourth-order valence-electron chi connectivity index (χ4n) is 4.77. The molecule has 0 radical (unpaired) electrons. The Morgan fingerprint density at radius 2 is 1.10 bits per heavy atom. The molecule has 2 aromatic rings. The fraction of sp³-hybridized carbons (Fsp3) is 0.429. The molecule has 1 N–H and O–H groups in total. The lowest BCUT2D eigenvalue weighted by Gasteiger charge is -2.20. The Hall–Kier alpha value is -4.36. The number of nitriles is 2. The molecule has 0 saturated heterocycles. The van der Waals surface area contributed by atoms with Crippen molar-refractivity contribution < 1.29 is 9.59 Å². The van der Waals surface area contributed by atoms with E-state index in [1.54, 1.807) is 12.2 Å². The van der Waals surface area contributed by atoms with Crippen LogP contribution in [-0.4, -0.2) is 44.4 Å². The molecule has 0 unspecified atom stereocenters. The highest BCUT2D eigenvalue weighted by Crippen LogP contribution is 2.19. The predicted octanol–water partition coefficient (Wildman–Crippen LogP) is 6.92. The maximum Gasteiger partial charge on any atom is 0.261 e. The second-order valence-corrected chi connectivity index (χ2v) is 10.1. The summed E-state index contributed by atoms with van der Waals surface area (Å²) in [6, 6.07) is 19.8. The number of rotatable bonds is 18. The minimum absolute atomic E-state index is 0.0882. The quantitative estimate of drug-likeness (QED) is 0.119. The van der Waals surface area contributed by atoms with Gasteiger partial charge in [0.15, 0.2) is 5.78 Å². The van der Waals surface area contributed by atoms with Gasteiger partial charge in [-0.15, -0.1) is 0 Å². The molecular formula is C35H45N5O2. The maximum absolute atomic E-state index is 12.6. The van der Waals surface area contributed by atoms with Crippen LogP contribution in [-0.2, 0) is 9.59 Å². The van der Waals surface area contributed by atoms with E-state index < -0.39 is 0 Å². The third kappa shape index (κ3) is 10.9. The summed E-state index contributed by atoms with van der Waals surface area (Å²) in [4.78, 5) is 29.5. The van der Waals surface area contributed by atoms with Crippen LogP contribution < -0.4 is 15.1 Å². The van der Waals surface area contributed by atoms with Gasteiger partial charge >= 0.3 is 0 Å². The van der Waals surface area contributed by atoms with Gasteiger partial charge in [-0.2, -0.15) is 10.5 Å². The van der Waals surface area contributed by atoms with Gasteiger partial charge in [0.2, 0.25) is 0 Å². The van der Waals surface area contributed by atoms with Gasteiger partial charge in [0.05, 0.1) is 5.57 Å². The van der Waals surface area contributed by atoms with E-state index in [0.717, 1.165) is 80.8 Å². The molecule has 0 fully saturated rings. The minimum atomic E-state index is -0.366. The lowest BCUT2D eigenvalue weighted by molar-refractivity contribution is -0.117. The zero-order chi connectivity index (χ0) is 30.7. The number of amides is 1. The number of unbranched alkanes of at least 4 members (excludes halogenated alkanes) is 4. The molecule has 2 aromatic carbocycles.